The fourth-order valence-electron chi connectivity index (χ4n) is 1.28. The first-order valence-corrected chi connectivity index (χ1v) is 5.34. The molecule has 0 saturated carbocycles. The highest BCUT2D eigenvalue weighted by molar-refractivity contribution is 9.10. The molecule has 0 spiro atoms. The van der Waals surface area contributed by atoms with E-state index in [1.54, 1.807) is 0 Å². The minimum absolute atomic E-state index is 0.0312. The summed E-state index contributed by atoms with van der Waals surface area (Å²) in [4.78, 5) is 15.5. The largest absolute Gasteiger partial charge is 0.378 e. The second kappa shape index (κ2) is 2.88. The molecule has 0 saturated heterocycles. The number of aliphatic imine (C=N–C) groups is 1. The van der Waals surface area contributed by atoms with Gasteiger partial charge in [0.15, 0.2) is 11.0 Å². The third-order valence-electron chi connectivity index (χ3n) is 1.86. The van der Waals surface area contributed by atoms with Crippen LogP contribution in [0.25, 0.3) is 0 Å². The van der Waals surface area contributed by atoms with Crippen molar-refractivity contribution in [1.29, 1.82) is 0 Å². The molecule has 3 nitrogen and oxygen atoms in total. The maximum Gasteiger partial charge on any atom is 0.166 e. The van der Waals surface area contributed by atoms with Crippen LogP contribution in [0.3, 0.4) is 0 Å². The maximum atomic E-state index is 11.5. The zero-order chi connectivity index (χ0) is 8.72. The van der Waals surface area contributed by atoms with Crippen LogP contribution in [0, 0.1) is 0 Å². The van der Waals surface area contributed by atoms with Crippen molar-refractivity contribution in [2.75, 3.05) is 0 Å². The Morgan fingerprint density at radius 1 is 1.58 bits per heavy atom. The molecule has 2 rings (SSSR count). The fraction of sp³-hybridized carbons (Fsp3) is 0.429. The second-order valence-electron chi connectivity index (χ2n) is 2.69. The highest BCUT2D eigenvalue weighted by Crippen LogP contribution is 2.32. The topological polar surface area (TPSA) is 55.4 Å². The van der Waals surface area contributed by atoms with Crippen molar-refractivity contribution in [2.24, 2.45) is 10.7 Å². The summed E-state index contributed by atoms with van der Waals surface area (Å²) in [6.07, 6.45) is 3.75. The fourth-order valence-corrected chi connectivity index (χ4v) is 2.91. The van der Waals surface area contributed by atoms with Crippen molar-refractivity contribution >= 4 is 38.6 Å². The summed E-state index contributed by atoms with van der Waals surface area (Å²) in [5.74, 6) is 0.164. The van der Waals surface area contributed by atoms with E-state index in [1.807, 2.05) is 12.2 Å². The molecule has 12 heavy (non-hydrogen) atoms. The van der Waals surface area contributed by atoms with E-state index in [4.69, 9.17) is 5.73 Å². The van der Waals surface area contributed by atoms with Crippen molar-refractivity contribution in [3.63, 3.8) is 0 Å². The number of fused-ring (bicyclic) bond motifs is 1. The zero-order valence-corrected chi connectivity index (χ0v) is 8.51. The van der Waals surface area contributed by atoms with Gasteiger partial charge in [-0.2, -0.15) is 0 Å². The Hall–Kier alpha value is -0.290. The van der Waals surface area contributed by atoms with Gasteiger partial charge in [-0.15, -0.1) is 0 Å². The molecule has 5 heteroatoms. The lowest BCUT2D eigenvalue weighted by Crippen LogP contribution is -2.34. The van der Waals surface area contributed by atoms with E-state index in [1.165, 1.54) is 11.8 Å². The molecule has 1 aliphatic carbocycles. The molecule has 0 aromatic heterocycles. The number of halogens is 1. The molecule has 0 bridgehead atoms. The highest BCUT2D eigenvalue weighted by atomic mass is 79.9. The van der Waals surface area contributed by atoms with Crippen LogP contribution in [0.5, 0.6) is 0 Å². The van der Waals surface area contributed by atoms with Crippen LogP contribution >= 0.6 is 27.7 Å². The highest BCUT2D eigenvalue weighted by Gasteiger charge is 2.38. The first-order chi connectivity index (χ1) is 5.68. The monoisotopic (exact) mass is 246 g/mol. The summed E-state index contributed by atoms with van der Waals surface area (Å²) < 4.78 is 0. The Kier molecular flexibility index (Phi) is 2.00. The number of carbonyl (C=O) groups excluding carboxylic acids is 1. The summed E-state index contributed by atoms with van der Waals surface area (Å²) in [7, 11) is 0. The molecule has 0 aromatic rings. The van der Waals surface area contributed by atoms with E-state index in [0.717, 1.165) is 0 Å². The molecule has 2 aliphatic rings. The number of ketones is 1. The minimum atomic E-state index is -0.160. The van der Waals surface area contributed by atoms with E-state index in [0.29, 0.717) is 5.17 Å². The summed E-state index contributed by atoms with van der Waals surface area (Å²) in [6.45, 7) is 0. The molecular weight excluding hydrogens is 240 g/mol. The van der Waals surface area contributed by atoms with Crippen molar-refractivity contribution in [3.8, 4) is 0 Å². The van der Waals surface area contributed by atoms with Crippen molar-refractivity contribution in [1.82, 2.24) is 0 Å². The standard InChI is InChI=1S/C7H7BrN2OS/c8-3-1-2-4-6(5(3)11)12-7(9)10-4/h1-4,6H,(H2,9,10). The number of nitrogens with zero attached hydrogens (tertiary/aromatic N) is 1. The van der Waals surface area contributed by atoms with Crippen molar-refractivity contribution in [3.05, 3.63) is 12.2 Å². The minimum Gasteiger partial charge on any atom is -0.378 e. The first kappa shape index (κ1) is 8.31. The normalized spacial score (nSPS) is 39.6. The third kappa shape index (κ3) is 1.21. The number of allylic oxidation sites excluding steroid dienone is 1. The van der Waals surface area contributed by atoms with Gasteiger partial charge in [-0.05, 0) is 0 Å². The number of carbonyl (C=O) groups is 1. The lowest BCUT2D eigenvalue weighted by atomic mass is 10.0. The smallest absolute Gasteiger partial charge is 0.166 e. The van der Waals surface area contributed by atoms with Gasteiger partial charge in [0.05, 0.1) is 16.1 Å². The molecule has 1 aliphatic heterocycles. The van der Waals surface area contributed by atoms with Gasteiger partial charge in [0.1, 0.15) is 0 Å². The van der Waals surface area contributed by atoms with Gasteiger partial charge in [-0.25, -0.2) is 0 Å². The van der Waals surface area contributed by atoms with Crippen LogP contribution in [0.1, 0.15) is 0 Å². The lowest BCUT2D eigenvalue weighted by molar-refractivity contribution is -0.117. The van der Waals surface area contributed by atoms with E-state index in [-0.39, 0.29) is 21.9 Å². The number of rotatable bonds is 0. The van der Waals surface area contributed by atoms with E-state index >= 15 is 0 Å². The summed E-state index contributed by atoms with van der Waals surface area (Å²) in [5, 5.41) is 0.420. The van der Waals surface area contributed by atoms with E-state index in [9.17, 15) is 4.79 Å². The SMILES string of the molecule is NC1=NC2C=CC(Br)C(=O)C2S1. The lowest BCUT2D eigenvalue weighted by Gasteiger charge is -2.19. The number of Topliss-reactive ketones (excluding diaryl/α,β-unsaturated/α-hetero) is 1. The average molecular weight is 247 g/mol. The van der Waals surface area contributed by atoms with Gasteiger partial charge in [0, 0.05) is 0 Å². The Morgan fingerprint density at radius 3 is 3.08 bits per heavy atom. The Bertz CT molecular complexity index is 289. The average Bonchev–Trinajstić information content (AvgIpc) is 2.39. The van der Waals surface area contributed by atoms with Gasteiger partial charge >= 0.3 is 0 Å². The number of hydrogen-bond acceptors (Lipinski definition) is 4. The van der Waals surface area contributed by atoms with Gasteiger partial charge in [-0.3, -0.25) is 9.79 Å². The van der Waals surface area contributed by atoms with Gasteiger partial charge in [-0.1, -0.05) is 39.8 Å². The Morgan fingerprint density at radius 2 is 2.33 bits per heavy atom. The predicted molar refractivity (Wildman–Crippen MR) is 53.7 cm³/mol. The number of nitrogens with two attached hydrogens (primary N) is 1. The molecule has 1 heterocycles. The molecule has 64 valence electrons. The van der Waals surface area contributed by atoms with Gasteiger partial charge in [0.2, 0.25) is 0 Å². The summed E-state index contributed by atoms with van der Waals surface area (Å²) in [5.41, 5.74) is 5.51. The number of thioether (sulfide) groups is 1. The van der Waals surface area contributed by atoms with Crippen LogP contribution in [0.4, 0.5) is 0 Å². The third-order valence-corrected chi connectivity index (χ3v) is 3.73. The molecule has 0 amide bonds. The molecule has 2 N–H and O–H groups in total. The number of alkyl halides is 1. The van der Waals surface area contributed by atoms with E-state index in [2.05, 4.69) is 20.9 Å². The summed E-state index contributed by atoms with van der Waals surface area (Å²) >= 11 is 4.63. The van der Waals surface area contributed by atoms with Crippen LogP contribution in [-0.4, -0.2) is 27.1 Å². The maximum absolute atomic E-state index is 11.5. The Labute approximate surface area is 82.6 Å². The van der Waals surface area contributed by atoms with Crippen LogP contribution in [0.15, 0.2) is 17.1 Å². The van der Waals surface area contributed by atoms with Crippen LogP contribution in [0.2, 0.25) is 0 Å². The zero-order valence-electron chi connectivity index (χ0n) is 6.11. The van der Waals surface area contributed by atoms with E-state index < -0.39 is 0 Å². The summed E-state index contributed by atoms with van der Waals surface area (Å²) in [6, 6.07) is -0.0312. The molecule has 0 fully saturated rings. The first-order valence-electron chi connectivity index (χ1n) is 3.54. The van der Waals surface area contributed by atoms with Crippen molar-refractivity contribution in [2.45, 2.75) is 16.1 Å². The van der Waals surface area contributed by atoms with Crippen molar-refractivity contribution < 1.29 is 4.79 Å². The van der Waals surface area contributed by atoms with Crippen LogP contribution in [-0.2, 0) is 4.79 Å². The van der Waals surface area contributed by atoms with Gasteiger partial charge in [0.25, 0.3) is 0 Å². The molecule has 0 aromatic carbocycles. The Balaban J connectivity index is 2.27. The molecule has 0 radical (unpaired) electrons. The number of amidine groups is 1. The quantitative estimate of drug-likeness (QED) is 0.506. The molecule has 3 unspecified atom stereocenters. The molecular formula is C7H7BrN2OS. The second-order valence-corrected chi connectivity index (χ2v) is 4.83. The van der Waals surface area contributed by atoms with Gasteiger partial charge < -0.3 is 5.73 Å². The molecule has 3 atom stereocenters. The van der Waals surface area contributed by atoms with Crippen LogP contribution < -0.4 is 5.73 Å². The predicted octanol–water partition coefficient (Wildman–Crippen LogP) is 0.688. The number of hydrogen-bond donors (Lipinski definition) is 1.